The van der Waals surface area contributed by atoms with Crippen molar-refractivity contribution in [2.75, 3.05) is 19.6 Å². The molecular formula is C17H27FN2O2S. The molecule has 1 aliphatic heterocycles. The maximum absolute atomic E-state index is 13.2. The van der Waals surface area contributed by atoms with Crippen LogP contribution in [-0.4, -0.2) is 39.0 Å². The molecule has 0 spiro atoms. The second kappa shape index (κ2) is 7.73. The Hall–Kier alpha value is -0.980. The van der Waals surface area contributed by atoms with Crippen molar-refractivity contribution >= 4 is 10.0 Å². The average Bonchev–Trinajstić information content (AvgIpc) is 2.96. The van der Waals surface area contributed by atoms with Crippen molar-refractivity contribution in [3.8, 4) is 0 Å². The molecule has 0 bridgehead atoms. The molecule has 1 unspecified atom stereocenters. The van der Waals surface area contributed by atoms with Gasteiger partial charge < -0.3 is 0 Å². The number of likely N-dealkylation sites (tertiary alicyclic amines) is 1. The minimum Gasteiger partial charge on any atom is -0.299 e. The Morgan fingerprint density at radius 1 is 1.26 bits per heavy atom. The van der Waals surface area contributed by atoms with Crippen LogP contribution >= 0.6 is 0 Å². The first kappa shape index (κ1) is 18.4. The van der Waals surface area contributed by atoms with E-state index in [2.05, 4.69) is 23.5 Å². The van der Waals surface area contributed by atoms with Crippen LogP contribution in [0.3, 0.4) is 0 Å². The predicted molar refractivity (Wildman–Crippen MR) is 90.4 cm³/mol. The van der Waals surface area contributed by atoms with Gasteiger partial charge in [0.2, 0.25) is 10.0 Å². The van der Waals surface area contributed by atoms with Crippen molar-refractivity contribution < 1.29 is 12.8 Å². The van der Waals surface area contributed by atoms with Crippen LogP contribution in [0.1, 0.15) is 38.7 Å². The maximum atomic E-state index is 13.2. The van der Waals surface area contributed by atoms with E-state index in [1.165, 1.54) is 31.0 Å². The largest absolute Gasteiger partial charge is 0.299 e. The molecule has 130 valence electrons. The summed E-state index contributed by atoms with van der Waals surface area (Å²) in [5.41, 5.74) is 0.430. The third-order valence-electron chi connectivity index (χ3n) is 4.34. The van der Waals surface area contributed by atoms with Gasteiger partial charge in [-0.15, -0.1) is 0 Å². The number of rotatable bonds is 7. The maximum Gasteiger partial charge on any atom is 0.240 e. The highest BCUT2D eigenvalue weighted by Gasteiger charge is 2.25. The minimum atomic E-state index is -3.61. The lowest BCUT2D eigenvalue weighted by Gasteiger charge is -2.29. The summed E-state index contributed by atoms with van der Waals surface area (Å²) < 4.78 is 40.9. The average molecular weight is 342 g/mol. The van der Waals surface area contributed by atoms with Gasteiger partial charge in [-0.1, -0.05) is 13.8 Å². The predicted octanol–water partition coefficient (Wildman–Crippen LogP) is 2.92. The molecule has 1 fully saturated rings. The van der Waals surface area contributed by atoms with E-state index in [4.69, 9.17) is 0 Å². The van der Waals surface area contributed by atoms with E-state index >= 15 is 0 Å². The summed E-state index contributed by atoms with van der Waals surface area (Å²) in [6.45, 7) is 8.40. The van der Waals surface area contributed by atoms with Crippen LogP contribution < -0.4 is 4.72 Å². The number of hydrogen-bond acceptors (Lipinski definition) is 3. The molecule has 6 heteroatoms. The summed E-state index contributed by atoms with van der Waals surface area (Å²) in [5.74, 6) is 0.0915. The monoisotopic (exact) mass is 342 g/mol. The molecule has 0 aromatic heterocycles. The molecule has 0 amide bonds. The van der Waals surface area contributed by atoms with Crippen LogP contribution in [0.25, 0.3) is 0 Å². The SMILES string of the molecule is Cc1cc(F)ccc1S(=O)(=O)NCC(CC(C)C)N1CCCC1. The van der Waals surface area contributed by atoms with Crippen molar-refractivity contribution in [3.63, 3.8) is 0 Å². The highest BCUT2D eigenvalue weighted by molar-refractivity contribution is 7.89. The number of halogens is 1. The van der Waals surface area contributed by atoms with Gasteiger partial charge in [-0.3, -0.25) is 4.90 Å². The molecule has 0 aliphatic carbocycles. The Bertz CT molecular complexity index is 625. The van der Waals surface area contributed by atoms with E-state index in [9.17, 15) is 12.8 Å². The minimum absolute atomic E-state index is 0.156. The molecule has 1 heterocycles. The first-order valence-corrected chi connectivity index (χ1v) is 9.78. The second-order valence-electron chi connectivity index (χ2n) is 6.79. The second-order valence-corrected chi connectivity index (χ2v) is 8.52. The molecule has 4 nitrogen and oxygen atoms in total. The van der Waals surface area contributed by atoms with Gasteiger partial charge in [0, 0.05) is 12.6 Å². The first-order chi connectivity index (χ1) is 10.8. The summed E-state index contributed by atoms with van der Waals surface area (Å²) in [6, 6.07) is 3.99. The van der Waals surface area contributed by atoms with Crippen LogP contribution in [0.2, 0.25) is 0 Å². The summed E-state index contributed by atoms with van der Waals surface area (Å²) in [4.78, 5) is 2.53. The topological polar surface area (TPSA) is 49.4 Å². The normalized spacial score (nSPS) is 17.8. The summed E-state index contributed by atoms with van der Waals surface area (Å²) in [5, 5.41) is 0. The fraction of sp³-hybridized carbons (Fsp3) is 0.647. The molecule has 1 aromatic rings. The Morgan fingerprint density at radius 2 is 1.91 bits per heavy atom. The Morgan fingerprint density at radius 3 is 2.48 bits per heavy atom. The Kier molecular flexibility index (Phi) is 6.17. The van der Waals surface area contributed by atoms with E-state index in [0.29, 0.717) is 18.0 Å². The smallest absolute Gasteiger partial charge is 0.240 e. The van der Waals surface area contributed by atoms with Gasteiger partial charge in [0.05, 0.1) is 4.90 Å². The van der Waals surface area contributed by atoms with Gasteiger partial charge in [-0.2, -0.15) is 0 Å². The number of sulfonamides is 1. The van der Waals surface area contributed by atoms with Crippen molar-refractivity contribution in [1.82, 2.24) is 9.62 Å². The number of nitrogens with zero attached hydrogens (tertiary/aromatic N) is 1. The summed E-state index contributed by atoms with van der Waals surface area (Å²) in [7, 11) is -3.61. The van der Waals surface area contributed by atoms with Gasteiger partial charge >= 0.3 is 0 Å². The molecule has 0 radical (unpaired) electrons. The number of nitrogens with one attached hydrogen (secondary N) is 1. The fourth-order valence-electron chi connectivity index (χ4n) is 3.21. The van der Waals surface area contributed by atoms with Crippen LogP contribution in [0.5, 0.6) is 0 Å². The summed E-state index contributed by atoms with van der Waals surface area (Å²) in [6.07, 6.45) is 3.32. The summed E-state index contributed by atoms with van der Waals surface area (Å²) >= 11 is 0. The van der Waals surface area contributed by atoms with Crippen LogP contribution in [-0.2, 0) is 10.0 Å². The number of aryl methyl sites for hydroxylation is 1. The van der Waals surface area contributed by atoms with E-state index in [1.807, 2.05) is 0 Å². The third-order valence-corrected chi connectivity index (χ3v) is 5.92. The Labute approximate surface area is 139 Å². The van der Waals surface area contributed by atoms with E-state index < -0.39 is 15.8 Å². The van der Waals surface area contributed by atoms with Crippen molar-refractivity contribution in [3.05, 3.63) is 29.6 Å². The lowest BCUT2D eigenvalue weighted by molar-refractivity contribution is 0.214. The first-order valence-electron chi connectivity index (χ1n) is 8.29. The van der Waals surface area contributed by atoms with Gasteiger partial charge in [-0.05, 0) is 69.0 Å². The molecule has 1 N–H and O–H groups in total. The van der Waals surface area contributed by atoms with E-state index in [1.54, 1.807) is 6.92 Å². The van der Waals surface area contributed by atoms with Gasteiger partial charge in [0.15, 0.2) is 0 Å². The molecule has 1 aromatic carbocycles. The van der Waals surface area contributed by atoms with Crippen molar-refractivity contribution in [2.24, 2.45) is 5.92 Å². The molecule has 1 aliphatic rings. The molecule has 1 atom stereocenters. The van der Waals surface area contributed by atoms with E-state index in [0.717, 1.165) is 19.5 Å². The zero-order valence-electron chi connectivity index (χ0n) is 14.2. The molecule has 23 heavy (non-hydrogen) atoms. The lowest BCUT2D eigenvalue weighted by atomic mass is 10.0. The van der Waals surface area contributed by atoms with Crippen molar-refractivity contribution in [1.29, 1.82) is 0 Å². The Balaban J connectivity index is 2.08. The van der Waals surface area contributed by atoms with Crippen LogP contribution in [0.15, 0.2) is 23.1 Å². The van der Waals surface area contributed by atoms with E-state index in [-0.39, 0.29) is 10.9 Å². The third kappa shape index (κ3) is 4.99. The van der Waals surface area contributed by atoms with Crippen LogP contribution in [0.4, 0.5) is 4.39 Å². The number of benzene rings is 1. The van der Waals surface area contributed by atoms with Gasteiger partial charge in [-0.25, -0.2) is 17.5 Å². The molecule has 2 rings (SSSR count). The number of hydrogen-bond donors (Lipinski definition) is 1. The zero-order valence-corrected chi connectivity index (χ0v) is 15.0. The quantitative estimate of drug-likeness (QED) is 0.829. The van der Waals surface area contributed by atoms with Crippen molar-refractivity contribution in [2.45, 2.75) is 51.0 Å². The van der Waals surface area contributed by atoms with Crippen LogP contribution in [0, 0.1) is 18.7 Å². The molecule has 1 saturated heterocycles. The molecular weight excluding hydrogens is 315 g/mol. The zero-order chi connectivity index (χ0) is 17.0. The highest BCUT2D eigenvalue weighted by Crippen LogP contribution is 2.19. The highest BCUT2D eigenvalue weighted by atomic mass is 32.2. The van der Waals surface area contributed by atoms with Gasteiger partial charge in [0.25, 0.3) is 0 Å². The fourth-order valence-corrected chi connectivity index (χ4v) is 4.51. The lowest BCUT2D eigenvalue weighted by Crippen LogP contribution is -2.43. The molecule has 0 saturated carbocycles. The van der Waals surface area contributed by atoms with Gasteiger partial charge in [0.1, 0.15) is 5.82 Å². The standard InChI is InChI=1S/C17H27FN2O2S/c1-13(2)10-16(20-8-4-5-9-20)12-19-23(21,22)17-7-6-15(18)11-14(17)3/h6-7,11,13,16,19H,4-5,8-10,12H2,1-3H3.